The topological polar surface area (TPSA) is 97.7 Å². The highest BCUT2D eigenvalue weighted by Gasteiger charge is 2.10. The van der Waals surface area contributed by atoms with Gasteiger partial charge in [-0.2, -0.15) is 5.01 Å². The molecule has 0 aliphatic carbocycles. The Kier molecular flexibility index (Phi) is 4.47. The zero-order chi connectivity index (χ0) is 9.56. The Labute approximate surface area is 69.6 Å². The molecule has 0 bridgehead atoms. The normalized spacial score (nSPS) is 9.42. The first kappa shape index (κ1) is 10.4. The fraction of sp³-hybridized carbons (Fsp3) is 0.333. The van der Waals surface area contributed by atoms with Crippen molar-refractivity contribution in [3.05, 3.63) is 12.7 Å². The summed E-state index contributed by atoms with van der Waals surface area (Å²) in [6.45, 7) is 3.18. The Hall–Kier alpha value is -1.56. The summed E-state index contributed by atoms with van der Waals surface area (Å²) in [5.74, 6) is -1.08. The van der Waals surface area contributed by atoms with E-state index in [9.17, 15) is 9.59 Å². The average Bonchev–Trinajstić information content (AvgIpc) is 1.84. The van der Waals surface area contributed by atoms with Crippen LogP contribution in [0.4, 0.5) is 4.79 Å². The van der Waals surface area contributed by atoms with Crippen LogP contribution in [0.2, 0.25) is 0 Å². The number of amides is 2. The Bertz CT molecular complexity index is 176. The van der Waals surface area contributed by atoms with Crippen molar-refractivity contribution < 1.29 is 14.7 Å². The minimum atomic E-state index is -1.08. The van der Waals surface area contributed by atoms with Gasteiger partial charge in [0.1, 0.15) is 6.54 Å². The maximum absolute atomic E-state index is 10.3. The molecule has 0 saturated heterocycles. The van der Waals surface area contributed by atoms with Crippen molar-refractivity contribution in [2.75, 3.05) is 13.1 Å². The van der Waals surface area contributed by atoms with Gasteiger partial charge in [0.25, 0.3) is 0 Å². The van der Waals surface area contributed by atoms with Gasteiger partial charge in [0.2, 0.25) is 0 Å². The standard InChI is InChI=1S/C6H10N3O3/c1-2-3-9(4-5(10)11)8-6(7)12/h2H,1,3-4H2,(H2,7,12)(H,10,11). The summed E-state index contributed by atoms with van der Waals surface area (Å²) in [7, 11) is 0. The van der Waals surface area contributed by atoms with E-state index in [0.717, 1.165) is 5.01 Å². The second-order valence-corrected chi connectivity index (χ2v) is 1.97. The number of carbonyl (C=O) groups is 2. The van der Waals surface area contributed by atoms with E-state index in [0.29, 0.717) is 0 Å². The van der Waals surface area contributed by atoms with Crippen molar-refractivity contribution in [3.8, 4) is 0 Å². The Morgan fingerprint density at radius 3 is 2.58 bits per heavy atom. The van der Waals surface area contributed by atoms with Crippen LogP contribution in [-0.4, -0.2) is 35.2 Å². The summed E-state index contributed by atoms with van der Waals surface area (Å²) >= 11 is 0. The predicted molar refractivity (Wildman–Crippen MR) is 41.1 cm³/mol. The summed E-state index contributed by atoms with van der Waals surface area (Å²) in [5, 5.41) is 9.35. The van der Waals surface area contributed by atoms with Gasteiger partial charge in [-0.05, 0) is 0 Å². The Balaban J connectivity index is 3.93. The maximum Gasteiger partial charge on any atom is 0.350 e. The first-order valence-corrected chi connectivity index (χ1v) is 3.15. The van der Waals surface area contributed by atoms with Crippen molar-refractivity contribution in [2.24, 2.45) is 5.73 Å². The predicted octanol–water partition coefficient (Wildman–Crippen LogP) is -0.843. The molecule has 0 unspecified atom stereocenters. The third-order valence-corrected chi connectivity index (χ3v) is 0.898. The number of nitrogens with two attached hydrogens (primary N) is 1. The van der Waals surface area contributed by atoms with Crippen molar-refractivity contribution >= 4 is 12.0 Å². The van der Waals surface area contributed by atoms with Crippen LogP contribution in [0.1, 0.15) is 0 Å². The van der Waals surface area contributed by atoms with Crippen molar-refractivity contribution in [1.29, 1.82) is 0 Å². The third kappa shape index (κ3) is 5.24. The van der Waals surface area contributed by atoms with E-state index >= 15 is 0 Å². The van der Waals surface area contributed by atoms with Crippen LogP contribution in [0.5, 0.6) is 0 Å². The fourth-order valence-electron chi connectivity index (χ4n) is 0.585. The van der Waals surface area contributed by atoms with Gasteiger partial charge < -0.3 is 10.8 Å². The molecule has 0 heterocycles. The number of hydrogen-bond donors (Lipinski definition) is 2. The van der Waals surface area contributed by atoms with Crippen LogP contribution in [0.3, 0.4) is 0 Å². The highest BCUT2D eigenvalue weighted by molar-refractivity contribution is 5.72. The van der Waals surface area contributed by atoms with Crippen molar-refractivity contribution in [2.45, 2.75) is 0 Å². The SMILES string of the molecule is C=CCN(CC(=O)O)[N]C(N)=O. The molecule has 0 aromatic rings. The quantitative estimate of drug-likeness (QED) is 0.417. The molecule has 3 N–H and O–H groups in total. The van der Waals surface area contributed by atoms with Gasteiger partial charge in [-0.25, -0.2) is 4.79 Å². The molecule has 0 atom stereocenters. The number of primary amides is 1. The van der Waals surface area contributed by atoms with Gasteiger partial charge in [-0.3, -0.25) is 4.79 Å². The Morgan fingerprint density at radius 2 is 2.25 bits per heavy atom. The molecule has 0 aromatic carbocycles. The van der Waals surface area contributed by atoms with Gasteiger partial charge >= 0.3 is 12.0 Å². The molecule has 0 fully saturated rings. The molecule has 0 aliphatic rings. The zero-order valence-corrected chi connectivity index (χ0v) is 6.43. The number of rotatable bonds is 5. The number of aliphatic carboxylic acids is 1. The van der Waals surface area contributed by atoms with Crippen molar-refractivity contribution in [1.82, 2.24) is 10.4 Å². The molecule has 0 rings (SSSR count). The first-order chi connectivity index (χ1) is 5.56. The number of carbonyl (C=O) groups excluding carboxylic acids is 1. The summed E-state index contributed by atoms with van der Waals surface area (Å²) in [6, 6.07) is -0.918. The molecular formula is C6H10N3O3. The molecule has 0 spiro atoms. The van der Waals surface area contributed by atoms with E-state index in [2.05, 4.69) is 12.0 Å². The fourth-order valence-corrected chi connectivity index (χ4v) is 0.585. The molecular weight excluding hydrogens is 162 g/mol. The second-order valence-electron chi connectivity index (χ2n) is 1.97. The monoisotopic (exact) mass is 172 g/mol. The molecule has 0 saturated carbocycles. The highest BCUT2D eigenvalue weighted by atomic mass is 16.4. The lowest BCUT2D eigenvalue weighted by Crippen LogP contribution is -2.41. The second kappa shape index (κ2) is 5.14. The Morgan fingerprint density at radius 1 is 1.67 bits per heavy atom. The van der Waals surface area contributed by atoms with Gasteiger partial charge in [-0.1, -0.05) is 6.08 Å². The first-order valence-electron chi connectivity index (χ1n) is 3.15. The average molecular weight is 172 g/mol. The number of urea groups is 1. The summed E-state index contributed by atoms with van der Waals surface area (Å²) in [5.41, 5.74) is 7.95. The number of carboxylic acids is 1. The smallest absolute Gasteiger partial charge is 0.350 e. The van der Waals surface area contributed by atoms with E-state index in [1.807, 2.05) is 0 Å². The largest absolute Gasteiger partial charge is 0.480 e. The molecule has 6 heteroatoms. The van der Waals surface area contributed by atoms with Crippen LogP contribution < -0.4 is 11.2 Å². The van der Waals surface area contributed by atoms with Gasteiger partial charge in [-0.15, -0.1) is 12.0 Å². The van der Waals surface area contributed by atoms with Crippen LogP contribution in [0, 0.1) is 0 Å². The lowest BCUT2D eigenvalue weighted by molar-refractivity contribution is -0.138. The van der Waals surface area contributed by atoms with Crippen LogP contribution in [-0.2, 0) is 4.79 Å². The minimum absolute atomic E-state index is 0.176. The van der Waals surface area contributed by atoms with E-state index in [4.69, 9.17) is 10.8 Å². The molecule has 2 amide bonds. The number of nitrogens with zero attached hydrogens (tertiary/aromatic N) is 2. The molecule has 12 heavy (non-hydrogen) atoms. The summed E-state index contributed by atoms with van der Waals surface area (Å²) in [6.07, 6.45) is 1.43. The van der Waals surface area contributed by atoms with E-state index < -0.39 is 12.0 Å². The van der Waals surface area contributed by atoms with E-state index in [1.54, 1.807) is 0 Å². The lowest BCUT2D eigenvalue weighted by Gasteiger charge is -2.13. The van der Waals surface area contributed by atoms with Gasteiger partial charge in [0, 0.05) is 6.54 Å². The van der Waals surface area contributed by atoms with Crippen LogP contribution in [0.25, 0.3) is 0 Å². The summed E-state index contributed by atoms with van der Waals surface area (Å²) < 4.78 is 0. The summed E-state index contributed by atoms with van der Waals surface area (Å²) in [4.78, 5) is 20.4. The van der Waals surface area contributed by atoms with E-state index in [1.165, 1.54) is 6.08 Å². The van der Waals surface area contributed by atoms with Crippen LogP contribution >= 0.6 is 0 Å². The molecule has 6 nitrogen and oxygen atoms in total. The highest BCUT2D eigenvalue weighted by Crippen LogP contribution is 1.84. The molecule has 1 radical (unpaired) electrons. The molecule has 0 aromatic heterocycles. The lowest BCUT2D eigenvalue weighted by atomic mass is 10.5. The molecule has 0 aliphatic heterocycles. The minimum Gasteiger partial charge on any atom is -0.480 e. The maximum atomic E-state index is 10.3. The van der Waals surface area contributed by atoms with Crippen LogP contribution in [0.15, 0.2) is 12.7 Å². The van der Waals surface area contributed by atoms with Gasteiger partial charge in [0.15, 0.2) is 0 Å². The third-order valence-electron chi connectivity index (χ3n) is 0.898. The zero-order valence-electron chi connectivity index (χ0n) is 6.43. The van der Waals surface area contributed by atoms with Crippen molar-refractivity contribution in [3.63, 3.8) is 0 Å². The van der Waals surface area contributed by atoms with Gasteiger partial charge in [0.05, 0.1) is 0 Å². The number of carboxylic acid groups (broad SMARTS) is 1. The molecule has 67 valence electrons. The van der Waals surface area contributed by atoms with E-state index in [-0.39, 0.29) is 13.1 Å². The number of hydrogen-bond acceptors (Lipinski definition) is 3.